The molecule has 0 aliphatic rings. The van der Waals surface area contributed by atoms with Crippen molar-refractivity contribution in [2.45, 2.75) is 12.4 Å². The highest BCUT2D eigenvalue weighted by Gasteiger charge is 2.33. The summed E-state index contributed by atoms with van der Waals surface area (Å²) in [4.78, 5) is 0.879. The molecule has 0 amide bonds. The molecule has 0 atom stereocenters. The second kappa shape index (κ2) is 6.21. The van der Waals surface area contributed by atoms with Crippen LogP contribution < -0.4 is 10.6 Å². The predicted molar refractivity (Wildman–Crippen MR) is 66.5 cm³/mol. The molecule has 9 heteroatoms. The first-order valence-electron chi connectivity index (χ1n) is 5.43. The van der Waals surface area contributed by atoms with Gasteiger partial charge in [-0.15, -0.1) is 0 Å². The number of hydrogen-bond acceptors (Lipinski definition) is 2. The third kappa shape index (κ3) is 4.86. The molecule has 0 aliphatic heterocycles. The number of nitrogens with zero attached hydrogens (tertiary/aromatic N) is 1. The summed E-state index contributed by atoms with van der Waals surface area (Å²) in [6.45, 7) is -1.46. The molecular weight excluding hydrogens is 354 g/mol. The third-order valence-corrected chi connectivity index (χ3v) is 3.02. The maximum absolute atomic E-state index is 12.5. The van der Waals surface area contributed by atoms with Crippen molar-refractivity contribution in [1.82, 2.24) is 0 Å². The maximum atomic E-state index is 12.5. The van der Waals surface area contributed by atoms with Gasteiger partial charge in [0, 0.05) is 17.6 Å². The van der Waals surface area contributed by atoms with Gasteiger partial charge in [-0.2, -0.15) is 26.3 Å². The van der Waals surface area contributed by atoms with E-state index < -0.39 is 24.5 Å². The van der Waals surface area contributed by atoms with E-state index in [1.807, 2.05) is 0 Å². The molecule has 114 valence electrons. The van der Waals surface area contributed by atoms with Crippen LogP contribution in [0.15, 0.2) is 22.7 Å². The van der Waals surface area contributed by atoms with E-state index in [9.17, 15) is 26.3 Å². The summed E-state index contributed by atoms with van der Waals surface area (Å²) in [6, 6.07) is 2.48. The molecule has 20 heavy (non-hydrogen) atoms. The van der Waals surface area contributed by atoms with Crippen molar-refractivity contribution in [2.24, 2.45) is 5.73 Å². The first kappa shape index (κ1) is 17.1. The van der Waals surface area contributed by atoms with Crippen molar-refractivity contribution in [1.29, 1.82) is 0 Å². The Bertz CT molecular complexity index is 457. The van der Waals surface area contributed by atoms with Gasteiger partial charge >= 0.3 is 12.4 Å². The first-order valence-corrected chi connectivity index (χ1v) is 6.22. The molecule has 0 saturated heterocycles. The number of rotatable bonds is 4. The molecule has 0 saturated carbocycles. The lowest BCUT2D eigenvalue weighted by Gasteiger charge is -2.26. The van der Waals surface area contributed by atoms with Crippen LogP contribution in [0.1, 0.15) is 5.56 Å². The highest BCUT2D eigenvalue weighted by molar-refractivity contribution is 9.10. The highest BCUT2D eigenvalue weighted by Crippen LogP contribution is 2.36. The monoisotopic (exact) mass is 364 g/mol. The third-order valence-electron chi connectivity index (χ3n) is 2.38. The molecule has 0 spiro atoms. The number of nitrogens with two attached hydrogens (primary N) is 1. The summed E-state index contributed by atoms with van der Waals surface area (Å²) in [7, 11) is 0. The molecule has 2 nitrogen and oxygen atoms in total. The lowest BCUT2D eigenvalue weighted by molar-refractivity contribution is -0.137. The van der Waals surface area contributed by atoms with Crippen molar-refractivity contribution in [3.8, 4) is 0 Å². The van der Waals surface area contributed by atoms with Crippen molar-refractivity contribution in [3.63, 3.8) is 0 Å². The fourth-order valence-electron chi connectivity index (χ4n) is 1.60. The van der Waals surface area contributed by atoms with Gasteiger partial charge in [-0.25, -0.2) is 0 Å². The average Bonchev–Trinajstić information content (AvgIpc) is 2.25. The summed E-state index contributed by atoms with van der Waals surface area (Å²) in [5.41, 5.74) is 4.31. The van der Waals surface area contributed by atoms with Gasteiger partial charge in [-0.3, -0.25) is 0 Å². The van der Waals surface area contributed by atoms with Crippen LogP contribution in [-0.4, -0.2) is 25.8 Å². The summed E-state index contributed by atoms with van der Waals surface area (Å²) < 4.78 is 74.7. The molecule has 0 fully saturated rings. The van der Waals surface area contributed by atoms with Crippen LogP contribution in [0, 0.1) is 0 Å². The van der Waals surface area contributed by atoms with Gasteiger partial charge in [-0.05, 0) is 34.1 Å². The minimum absolute atomic E-state index is 0.0146. The number of benzene rings is 1. The van der Waals surface area contributed by atoms with E-state index in [1.165, 1.54) is 0 Å². The molecule has 0 unspecified atom stereocenters. The summed E-state index contributed by atoms with van der Waals surface area (Å²) in [5, 5.41) is 0. The smallest absolute Gasteiger partial charge is 0.360 e. The molecule has 1 rings (SSSR count). The molecule has 0 heterocycles. The van der Waals surface area contributed by atoms with Crippen LogP contribution >= 0.6 is 15.9 Å². The van der Waals surface area contributed by atoms with Crippen LogP contribution in [0.5, 0.6) is 0 Å². The van der Waals surface area contributed by atoms with E-state index in [4.69, 9.17) is 5.73 Å². The Morgan fingerprint density at radius 1 is 1.10 bits per heavy atom. The Kier molecular flexibility index (Phi) is 5.31. The fourth-order valence-corrected chi connectivity index (χ4v) is 2.23. The summed E-state index contributed by atoms with van der Waals surface area (Å²) >= 11 is 2.87. The molecular formula is C11H11BrF6N2. The predicted octanol–water partition coefficient (Wildman–Crippen LogP) is 3.80. The normalized spacial score (nSPS) is 12.6. The topological polar surface area (TPSA) is 29.3 Å². The van der Waals surface area contributed by atoms with Gasteiger partial charge in [0.2, 0.25) is 0 Å². The Hall–Kier alpha value is -0.960. The standard InChI is InChI=1S/C11H11BrF6N2/c12-8-5-7(11(16,17)18)1-2-9(8)20(4-3-19)6-10(13,14)15/h1-2,5H,3-4,6,19H2. The minimum atomic E-state index is -4.55. The molecule has 0 aliphatic carbocycles. The Morgan fingerprint density at radius 3 is 2.10 bits per heavy atom. The molecule has 0 bridgehead atoms. The van der Waals surface area contributed by atoms with Gasteiger partial charge in [-0.1, -0.05) is 0 Å². The van der Waals surface area contributed by atoms with E-state index in [0.29, 0.717) is 0 Å². The van der Waals surface area contributed by atoms with Crippen molar-refractivity contribution in [2.75, 3.05) is 24.5 Å². The average molecular weight is 365 g/mol. The zero-order valence-corrected chi connectivity index (χ0v) is 11.6. The minimum Gasteiger partial charge on any atom is -0.360 e. The van der Waals surface area contributed by atoms with Gasteiger partial charge in [0.05, 0.1) is 11.3 Å². The van der Waals surface area contributed by atoms with Gasteiger partial charge in [0.25, 0.3) is 0 Å². The Balaban J connectivity index is 3.09. The molecule has 1 aromatic rings. The Morgan fingerprint density at radius 2 is 1.70 bits per heavy atom. The molecule has 0 radical (unpaired) electrons. The number of alkyl halides is 6. The Labute approximate surface area is 119 Å². The van der Waals surface area contributed by atoms with E-state index in [-0.39, 0.29) is 23.2 Å². The van der Waals surface area contributed by atoms with E-state index in [2.05, 4.69) is 15.9 Å². The number of anilines is 1. The van der Waals surface area contributed by atoms with Crippen LogP contribution in [0.2, 0.25) is 0 Å². The lowest BCUT2D eigenvalue weighted by atomic mass is 10.2. The second-order valence-electron chi connectivity index (χ2n) is 3.99. The van der Waals surface area contributed by atoms with Crippen LogP contribution in [0.25, 0.3) is 0 Å². The van der Waals surface area contributed by atoms with Crippen molar-refractivity contribution >= 4 is 21.6 Å². The van der Waals surface area contributed by atoms with E-state index in [1.54, 1.807) is 0 Å². The van der Waals surface area contributed by atoms with Crippen LogP contribution in [0.3, 0.4) is 0 Å². The maximum Gasteiger partial charge on any atom is 0.416 e. The fraction of sp³-hybridized carbons (Fsp3) is 0.455. The second-order valence-corrected chi connectivity index (χ2v) is 4.84. The largest absolute Gasteiger partial charge is 0.416 e. The lowest BCUT2D eigenvalue weighted by Crippen LogP contribution is -2.37. The van der Waals surface area contributed by atoms with Gasteiger partial charge in [0.15, 0.2) is 0 Å². The zero-order valence-electron chi connectivity index (χ0n) is 10.0. The molecule has 0 aromatic heterocycles. The quantitative estimate of drug-likeness (QED) is 0.823. The van der Waals surface area contributed by atoms with Gasteiger partial charge in [0.1, 0.15) is 6.54 Å². The summed E-state index contributed by atoms with van der Waals surface area (Å²) in [5.74, 6) is 0. The van der Waals surface area contributed by atoms with Gasteiger partial charge < -0.3 is 10.6 Å². The highest BCUT2D eigenvalue weighted by atomic mass is 79.9. The van der Waals surface area contributed by atoms with Crippen molar-refractivity contribution in [3.05, 3.63) is 28.2 Å². The number of halogens is 7. The zero-order chi connectivity index (χ0) is 15.6. The summed E-state index contributed by atoms with van der Waals surface area (Å²) in [6.07, 6.45) is -9.03. The molecule has 2 N–H and O–H groups in total. The van der Waals surface area contributed by atoms with E-state index in [0.717, 1.165) is 23.1 Å². The SMILES string of the molecule is NCCN(CC(F)(F)F)c1ccc(C(F)(F)F)cc1Br. The van der Waals surface area contributed by atoms with Crippen LogP contribution in [0.4, 0.5) is 32.0 Å². The number of hydrogen-bond donors (Lipinski definition) is 1. The molecule has 1 aromatic carbocycles. The van der Waals surface area contributed by atoms with Crippen LogP contribution in [-0.2, 0) is 6.18 Å². The van der Waals surface area contributed by atoms with Crippen molar-refractivity contribution < 1.29 is 26.3 Å². The van der Waals surface area contributed by atoms with E-state index >= 15 is 0 Å². The first-order chi connectivity index (χ1) is 9.04.